The summed E-state index contributed by atoms with van der Waals surface area (Å²) in [6.45, 7) is 0. The zero-order chi connectivity index (χ0) is 16.9. The molecule has 2 radical (unpaired) electrons. The van der Waals surface area contributed by atoms with Crippen LogP contribution in [0.5, 0.6) is 51.7 Å². The van der Waals surface area contributed by atoms with Gasteiger partial charge in [0.15, 0.2) is 23.0 Å². The molecule has 2 aromatic rings. The van der Waals surface area contributed by atoms with Crippen molar-refractivity contribution in [1.82, 2.24) is 0 Å². The lowest BCUT2D eigenvalue weighted by atomic mass is 9.87. The number of hydrogen-bond acceptors (Lipinski definition) is 9. The fourth-order valence-electron chi connectivity index (χ4n) is 1.88. The van der Waals surface area contributed by atoms with Crippen LogP contribution in [-0.4, -0.2) is 53.8 Å². The van der Waals surface area contributed by atoms with Crippen molar-refractivity contribution in [3.63, 3.8) is 0 Å². The molecule has 22 heavy (non-hydrogen) atoms. The fourth-order valence-corrected chi connectivity index (χ4v) is 1.88. The minimum Gasteiger partial charge on any atom is -0.508 e. The number of hydrogen-bond donors (Lipinski definition) is 9. The molecule has 0 fully saturated rings. The van der Waals surface area contributed by atoms with Crippen LogP contribution < -0.4 is 5.46 Å². The van der Waals surface area contributed by atoms with Crippen LogP contribution in [0.25, 0.3) is 11.1 Å². The van der Waals surface area contributed by atoms with Crippen molar-refractivity contribution in [3.05, 3.63) is 0 Å². The van der Waals surface area contributed by atoms with Gasteiger partial charge in [-0.2, -0.15) is 0 Å². The van der Waals surface area contributed by atoms with E-state index in [9.17, 15) is 46.0 Å². The van der Waals surface area contributed by atoms with Crippen molar-refractivity contribution >= 4 is 13.3 Å². The molecule has 9 nitrogen and oxygen atoms in total. The number of benzene rings is 2. The summed E-state index contributed by atoms with van der Waals surface area (Å²) in [5, 5.41) is 86.1. The molecule has 0 saturated heterocycles. The van der Waals surface area contributed by atoms with Gasteiger partial charge < -0.3 is 46.0 Å². The summed E-state index contributed by atoms with van der Waals surface area (Å²) in [7, 11) is 5.29. The third-order valence-corrected chi connectivity index (χ3v) is 3.05. The lowest BCUT2D eigenvalue weighted by Crippen LogP contribution is -2.05. The standard InChI is InChI=1S/C12H9BO9/c13-3-4(14)1(5(15)9(19)8(3)18)2-6(16)10(20)12(22)11(21)7(2)17/h14-22H. The molecule has 0 aliphatic heterocycles. The van der Waals surface area contributed by atoms with E-state index in [1.807, 2.05) is 0 Å². The van der Waals surface area contributed by atoms with Gasteiger partial charge in [-0.15, -0.1) is 0 Å². The van der Waals surface area contributed by atoms with Gasteiger partial charge in [0.25, 0.3) is 0 Å². The second-order valence-corrected chi connectivity index (χ2v) is 4.30. The first-order chi connectivity index (χ1) is 10.1. The third-order valence-electron chi connectivity index (χ3n) is 3.05. The van der Waals surface area contributed by atoms with Crippen LogP contribution >= 0.6 is 0 Å². The average Bonchev–Trinajstić information content (AvgIpc) is 2.50. The second-order valence-electron chi connectivity index (χ2n) is 4.30. The summed E-state index contributed by atoms with van der Waals surface area (Å²) in [6, 6.07) is 0. The molecule has 0 spiro atoms. The van der Waals surface area contributed by atoms with Crippen molar-refractivity contribution in [2.24, 2.45) is 0 Å². The molecule has 0 atom stereocenters. The molecule has 0 aliphatic carbocycles. The molecule has 114 valence electrons. The monoisotopic (exact) mass is 308 g/mol. The van der Waals surface area contributed by atoms with Gasteiger partial charge in [-0.25, -0.2) is 0 Å². The highest BCUT2D eigenvalue weighted by atomic mass is 16.4. The van der Waals surface area contributed by atoms with E-state index in [0.717, 1.165) is 0 Å². The van der Waals surface area contributed by atoms with Gasteiger partial charge in [0.2, 0.25) is 23.0 Å². The Morgan fingerprint density at radius 3 is 1.05 bits per heavy atom. The molecule has 9 N–H and O–H groups in total. The Kier molecular flexibility index (Phi) is 3.17. The van der Waals surface area contributed by atoms with Crippen molar-refractivity contribution in [2.75, 3.05) is 0 Å². The molecule has 0 aromatic heterocycles. The Morgan fingerprint density at radius 2 is 0.636 bits per heavy atom. The highest BCUT2D eigenvalue weighted by molar-refractivity contribution is 6.37. The first kappa shape index (κ1) is 15.1. The van der Waals surface area contributed by atoms with E-state index in [1.165, 1.54) is 0 Å². The highest BCUT2D eigenvalue weighted by Crippen LogP contribution is 2.59. The van der Waals surface area contributed by atoms with Gasteiger partial charge in [0, 0.05) is 0 Å². The van der Waals surface area contributed by atoms with Crippen molar-refractivity contribution in [2.45, 2.75) is 0 Å². The smallest absolute Gasteiger partial charge is 0.208 e. The summed E-state index contributed by atoms with van der Waals surface area (Å²) >= 11 is 0. The minimum atomic E-state index is -1.27. The van der Waals surface area contributed by atoms with Gasteiger partial charge in [-0.05, 0) is 5.46 Å². The quantitative estimate of drug-likeness (QED) is 0.190. The van der Waals surface area contributed by atoms with Crippen LogP contribution in [0.1, 0.15) is 0 Å². The Bertz CT molecular complexity index is 675. The van der Waals surface area contributed by atoms with Crippen LogP contribution in [-0.2, 0) is 0 Å². The molecule has 0 saturated carbocycles. The number of aromatic hydroxyl groups is 9. The van der Waals surface area contributed by atoms with E-state index in [1.54, 1.807) is 0 Å². The van der Waals surface area contributed by atoms with Crippen molar-refractivity contribution in [1.29, 1.82) is 0 Å². The molecule has 10 heteroatoms. The predicted octanol–water partition coefficient (Wildman–Crippen LogP) is -0.502. The summed E-state index contributed by atoms with van der Waals surface area (Å²) in [6.07, 6.45) is 0. The summed E-state index contributed by atoms with van der Waals surface area (Å²) < 4.78 is 0. The minimum absolute atomic E-state index is 0.809. The molecular weight excluding hydrogens is 299 g/mol. The molecular formula is C12H9BO9. The molecule has 0 unspecified atom stereocenters. The van der Waals surface area contributed by atoms with Gasteiger partial charge in [0.1, 0.15) is 13.6 Å². The Morgan fingerprint density at radius 1 is 0.364 bits per heavy atom. The highest BCUT2D eigenvalue weighted by Gasteiger charge is 2.31. The maximum Gasteiger partial charge on any atom is 0.208 e. The Balaban J connectivity index is 3.03. The van der Waals surface area contributed by atoms with Crippen LogP contribution in [0.2, 0.25) is 0 Å². The van der Waals surface area contributed by atoms with E-state index in [-0.39, 0.29) is 0 Å². The topological polar surface area (TPSA) is 182 Å². The SMILES string of the molecule is [B]c1c(O)c(O)c(O)c(-c2c(O)c(O)c(O)c(O)c2O)c1O. The van der Waals surface area contributed by atoms with Crippen molar-refractivity contribution < 1.29 is 46.0 Å². The van der Waals surface area contributed by atoms with Gasteiger partial charge in [-0.3, -0.25) is 0 Å². The summed E-state index contributed by atoms with van der Waals surface area (Å²) in [5.74, 6) is -10.8. The van der Waals surface area contributed by atoms with Gasteiger partial charge in [0.05, 0.1) is 11.1 Å². The first-order valence-corrected chi connectivity index (χ1v) is 5.55. The lowest BCUT2D eigenvalue weighted by molar-refractivity contribution is 0.329. The fraction of sp³-hybridized carbons (Fsp3) is 0. The van der Waals surface area contributed by atoms with Gasteiger partial charge in [-0.1, -0.05) is 0 Å². The van der Waals surface area contributed by atoms with Crippen LogP contribution in [0, 0.1) is 0 Å². The van der Waals surface area contributed by atoms with E-state index >= 15 is 0 Å². The zero-order valence-corrected chi connectivity index (χ0v) is 10.6. The average molecular weight is 308 g/mol. The van der Waals surface area contributed by atoms with Crippen molar-refractivity contribution in [3.8, 4) is 62.9 Å². The summed E-state index contributed by atoms with van der Waals surface area (Å²) in [5.41, 5.74) is -2.64. The Hall–Kier alpha value is -3.30. The molecule has 0 aliphatic rings. The van der Waals surface area contributed by atoms with E-state index in [0.29, 0.717) is 0 Å². The van der Waals surface area contributed by atoms with E-state index in [2.05, 4.69) is 0 Å². The normalized spacial score (nSPS) is 10.7. The lowest BCUT2D eigenvalue weighted by Gasteiger charge is -2.17. The Labute approximate surface area is 123 Å². The molecule has 0 bridgehead atoms. The molecule has 0 heterocycles. The zero-order valence-electron chi connectivity index (χ0n) is 10.6. The van der Waals surface area contributed by atoms with Crippen LogP contribution in [0.15, 0.2) is 0 Å². The van der Waals surface area contributed by atoms with Gasteiger partial charge >= 0.3 is 0 Å². The number of phenolic OH excluding ortho intramolecular Hbond substituents is 9. The summed E-state index contributed by atoms with van der Waals surface area (Å²) in [4.78, 5) is 0. The maximum atomic E-state index is 9.83. The predicted molar refractivity (Wildman–Crippen MR) is 72.2 cm³/mol. The first-order valence-electron chi connectivity index (χ1n) is 5.55. The third kappa shape index (κ3) is 1.74. The van der Waals surface area contributed by atoms with Crippen LogP contribution in [0.3, 0.4) is 0 Å². The maximum absolute atomic E-state index is 9.83. The second kappa shape index (κ2) is 4.62. The molecule has 2 aromatic carbocycles. The molecule has 0 amide bonds. The largest absolute Gasteiger partial charge is 0.508 e. The number of phenols is 9. The van der Waals surface area contributed by atoms with E-state index < -0.39 is 68.3 Å². The van der Waals surface area contributed by atoms with E-state index in [4.69, 9.17) is 7.85 Å². The number of rotatable bonds is 1. The molecule has 2 rings (SSSR count). The van der Waals surface area contributed by atoms with Crippen LogP contribution in [0.4, 0.5) is 0 Å².